The van der Waals surface area contributed by atoms with Crippen LogP contribution < -0.4 is 10.2 Å². The predicted octanol–water partition coefficient (Wildman–Crippen LogP) is 2.48. The lowest BCUT2D eigenvalue weighted by molar-refractivity contribution is -0.138. The van der Waals surface area contributed by atoms with Crippen LogP contribution in [-0.2, 0) is 4.79 Å². The average Bonchev–Trinajstić information content (AvgIpc) is 2.40. The Morgan fingerprint density at radius 2 is 1.95 bits per heavy atom. The smallest absolute Gasteiger partial charge is 0.325 e. The SMILES string of the molecule is CCCCN(C(=O)N[C@H](C)C(=O)O)c1ccccc1. The number of para-hydroxylation sites is 1. The van der Waals surface area contributed by atoms with E-state index in [9.17, 15) is 9.59 Å². The lowest BCUT2D eigenvalue weighted by Crippen LogP contribution is -2.47. The predicted molar refractivity (Wildman–Crippen MR) is 74.3 cm³/mol. The fourth-order valence-corrected chi connectivity index (χ4v) is 1.60. The Hall–Kier alpha value is -2.04. The van der Waals surface area contributed by atoms with Gasteiger partial charge in [-0.05, 0) is 25.5 Å². The van der Waals surface area contributed by atoms with Crippen molar-refractivity contribution in [2.24, 2.45) is 0 Å². The molecule has 0 bridgehead atoms. The molecule has 104 valence electrons. The Kier molecular flexibility index (Phi) is 5.85. The summed E-state index contributed by atoms with van der Waals surface area (Å²) in [5, 5.41) is 11.3. The van der Waals surface area contributed by atoms with Gasteiger partial charge in [0.05, 0.1) is 0 Å². The summed E-state index contributed by atoms with van der Waals surface area (Å²) in [7, 11) is 0. The second-order valence-electron chi connectivity index (χ2n) is 4.35. The number of rotatable bonds is 6. The Morgan fingerprint density at radius 3 is 2.47 bits per heavy atom. The lowest BCUT2D eigenvalue weighted by Gasteiger charge is -2.24. The highest BCUT2D eigenvalue weighted by atomic mass is 16.4. The van der Waals surface area contributed by atoms with E-state index in [1.165, 1.54) is 6.92 Å². The Balaban J connectivity index is 2.79. The van der Waals surface area contributed by atoms with E-state index in [4.69, 9.17) is 5.11 Å². The number of carbonyl (C=O) groups excluding carboxylic acids is 1. The van der Waals surface area contributed by atoms with Crippen LogP contribution in [0.3, 0.4) is 0 Å². The fourth-order valence-electron chi connectivity index (χ4n) is 1.60. The van der Waals surface area contributed by atoms with Crippen LogP contribution >= 0.6 is 0 Å². The molecule has 0 radical (unpaired) electrons. The third kappa shape index (κ3) is 4.62. The van der Waals surface area contributed by atoms with Gasteiger partial charge < -0.3 is 10.4 Å². The van der Waals surface area contributed by atoms with Crippen molar-refractivity contribution in [2.45, 2.75) is 32.7 Å². The molecule has 0 heterocycles. The van der Waals surface area contributed by atoms with Crippen molar-refractivity contribution in [3.8, 4) is 0 Å². The van der Waals surface area contributed by atoms with Crippen LogP contribution in [0.15, 0.2) is 30.3 Å². The summed E-state index contributed by atoms with van der Waals surface area (Å²) in [5.41, 5.74) is 0.769. The summed E-state index contributed by atoms with van der Waals surface area (Å²) in [6.07, 6.45) is 1.83. The van der Waals surface area contributed by atoms with Gasteiger partial charge in [0.2, 0.25) is 0 Å². The molecule has 5 nitrogen and oxygen atoms in total. The first-order valence-electron chi connectivity index (χ1n) is 6.42. The van der Waals surface area contributed by atoms with E-state index >= 15 is 0 Å². The van der Waals surface area contributed by atoms with Gasteiger partial charge >= 0.3 is 12.0 Å². The first-order chi connectivity index (χ1) is 9.06. The lowest BCUT2D eigenvalue weighted by atomic mass is 10.2. The molecule has 0 aliphatic carbocycles. The molecule has 2 N–H and O–H groups in total. The maximum Gasteiger partial charge on any atom is 0.325 e. The van der Waals surface area contributed by atoms with Crippen molar-refractivity contribution in [3.63, 3.8) is 0 Å². The number of nitrogens with one attached hydrogen (secondary N) is 1. The van der Waals surface area contributed by atoms with Crippen molar-refractivity contribution in [1.29, 1.82) is 0 Å². The van der Waals surface area contributed by atoms with Gasteiger partial charge in [-0.15, -0.1) is 0 Å². The monoisotopic (exact) mass is 264 g/mol. The Bertz CT molecular complexity index is 420. The molecule has 0 aromatic heterocycles. The van der Waals surface area contributed by atoms with Crippen LogP contribution in [0.2, 0.25) is 0 Å². The van der Waals surface area contributed by atoms with E-state index in [1.54, 1.807) is 4.90 Å². The molecule has 0 unspecified atom stereocenters. The molecule has 1 atom stereocenters. The van der Waals surface area contributed by atoms with Gasteiger partial charge in [0.15, 0.2) is 0 Å². The molecule has 1 aromatic carbocycles. The molecule has 1 rings (SSSR count). The minimum absolute atomic E-state index is 0.380. The summed E-state index contributed by atoms with van der Waals surface area (Å²) in [6, 6.07) is 7.96. The number of carbonyl (C=O) groups is 2. The van der Waals surface area contributed by atoms with Crippen LogP contribution in [0.5, 0.6) is 0 Å². The minimum atomic E-state index is -1.04. The first-order valence-corrected chi connectivity index (χ1v) is 6.42. The van der Waals surface area contributed by atoms with Crippen LogP contribution in [0, 0.1) is 0 Å². The number of nitrogens with zero attached hydrogens (tertiary/aromatic N) is 1. The molecule has 0 aliphatic heterocycles. The molecule has 0 saturated heterocycles. The standard InChI is InChI=1S/C14H20N2O3/c1-3-4-10-16(12-8-6-5-7-9-12)14(19)15-11(2)13(17)18/h5-9,11H,3-4,10H2,1-2H3,(H,15,19)(H,17,18)/t11-/m1/s1. The molecule has 0 spiro atoms. The minimum Gasteiger partial charge on any atom is -0.480 e. The van der Waals surface area contributed by atoms with E-state index in [-0.39, 0.29) is 6.03 Å². The number of amides is 2. The topological polar surface area (TPSA) is 69.6 Å². The van der Waals surface area contributed by atoms with E-state index in [0.29, 0.717) is 6.54 Å². The van der Waals surface area contributed by atoms with Gasteiger partial charge in [0, 0.05) is 12.2 Å². The summed E-state index contributed by atoms with van der Waals surface area (Å²) < 4.78 is 0. The number of hydrogen-bond donors (Lipinski definition) is 2. The van der Waals surface area contributed by atoms with Crippen LogP contribution in [0.25, 0.3) is 0 Å². The van der Waals surface area contributed by atoms with E-state index in [0.717, 1.165) is 18.5 Å². The number of urea groups is 1. The molecule has 0 aliphatic rings. The van der Waals surface area contributed by atoms with Crippen molar-refractivity contribution < 1.29 is 14.7 Å². The summed E-state index contributed by atoms with van der Waals surface area (Å²) >= 11 is 0. The van der Waals surface area contributed by atoms with Gasteiger partial charge in [-0.3, -0.25) is 9.69 Å². The Labute approximate surface area is 113 Å². The van der Waals surface area contributed by atoms with Gasteiger partial charge in [-0.2, -0.15) is 0 Å². The molecule has 2 amide bonds. The number of unbranched alkanes of at least 4 members (excludes halogenated alkanes) is 1. The highest BCUT2D eigenvalue weighted by Gasteiger charge is 2.19. The highest BCUT2D eigenvalue weighted by molar-refractivity contribution is 5.94. The zero-order valence-electron chi connectivity index (χ0n) is 11.3. The van der Waals surface area contributed by atoms with E-state index in [2.05, 4.69) is 5.32 Å². The summed E-state index contributed by atoms with van der Waals surface area (Å²) in [4.78, 5) is 24.5. The summed E-state index contributed by atoms with van der Waals surface area (Å²) in [6.45, 7) is 4.06. The molecule has 19 heavy (non-hydrogen) atoms. The number of hydrogen-bond acceptors (Lipinski definition) is 2. The maximum atomic E-state index is 12.1. The van der Waals surface area contributed by atoms with Gasteiger partial charge in [0.1, 0.15) is 6.04 Å². The number of carboxylic acids is 1. The zero-order valence-corrected chi connectivity index (χ0v) is 11.3. The number of carboxylic acid groups (broad SMARTS) is 1. The number of benzene rings is 1. The molecular weight excluding hydrogens is 244 g/mol. The Morgan fingerprint density at radius 1 is 1.32 bits per heavy atom. The number of aliphatic carboxylic acids is 1. The zero-order chi connectivity index (χ0) is 14.3. The van der Waals surface area contributed by atoms with Crippen LogP contribution in [0.1, 0.15) is 26.7 Å². The van der Waals surface area contributed by atoms with Gasteiger partial charge in [-0.1, -0.05) is 31.5 Å². The number of anilines is 1. The normalized spacial score (nSPS) is 11.7. The molecule has 0 saturated carbocycles. The van der Waals surface area contributed by atoms with E-state index < -0.39 is 12.0 Å². The van der Waals surface area contributed by atoms with Crippen molar-refractivity contribution in [1.82, 2.24) is 5.32 Å². The van der Waals surface area contributed by atoms with Crippen LogP contribution in [0.4, 0.5) is 10.5 Å². The summed E-state index contributed by atoms with van der Waals surface area (Å²) in [5.74, 6) is -1.04. The van der Waals surface area contributed by atoms with Crippen molar-refractivity contribution in [2.75, 3.05) is 11.4 Å². The fraction of sp³-hybridized carbons (Fsp3) is 0.429. The third-order valence-electron chi connectivity index (χ3n) is 2.76. The second-order valence-corrected chi connectivity index (χ2v) is 4.35. The third-order valence-corrected chi connectivity index (χ3v) is 2.76. The van der Waals surface area contributed by atoms with Gasteiger partial charge in [-0.25, -0.2) is 4.79 Å². The van der Waals surface area contributed by atoms with Gasteiger partial charge in [0.25, 0.3) is 0 Å². The average molecular weight is 264 g/mol. The molecule has 1 aromatic rings. The van der Waals surface area contributed by atoms with E-state index in [1.807, 2.05) is 37.3 Å². The quantitative estimate of drug-likeness (QED) is 0.829. The molecule has 5 heteroatoms. The van der Waals surface area contributed by atoms with Crippen molar-refractivity contribution in [3.05, 3.63) is 30.3 Å². The maximum absolute atomic E-state index is 12.1. The van der Waals surface area contributed by atoms with Crippen LogP contribution in [-0.4, -0.2) is 29.7 Å². The molecule has 0 fully saturated rings. The second kappa shape index (κ2) is 7.41. The molecular formula is C14H20N2O3. The highest BCUT2D eigenvalue weighted by Crippen LogP contribution is 2.14. The first kappa shape index (κ1) is 15.0. The van der Waals surface area contributed by atoms with Crippen molar-refractivity contribution >= 4 is 17.7 Å². The largest absolute Gasteiger partial charge is 0.480 e.